The number of nitrogens with one attached hydrogen (secondary N) is 1. The summed E-state index contributed by atoms with van der Waals surface area (Å²) in [6.07, 6.45) is 3.30. The summed E-state index contributed by atoms with van der Waals surface area (Å²) >= 11 is 0. The van der Waals surface area contributed by atoms with Gasteiger partial charge in [-0.2, -0.15) is 10.2 Å². The Kier molecular flexibility index (Phi) is 3.21. The maximum absolute atomic E-state index is 5.96. The minimum Gasteiger partial charge on any atom is -0.493 e. The predicted octanol–water partition coefficient (Wildman–Crippen LogP) is -0.703. The molecule has 2 aromatic heterocycles. The molecule has 0 aromatic carbocycles. The SMILES string of the molecule is COc1cnn(C)c1C(NN)c1cnn(C)c1N. The number of methoxy groups -OCH3 is 1. The van der Waals surface area contributed by atoms with Crippen LogP contribution in [0.5, 0.6) is 5.75 Å². The second-order valence-electron chi connectivity index (χ2n) is 3.93. The summed E-state index contributed by atoms with van der Waals surface area (Å²) in [6.45, 7) is 0. The Bertz CT molecular complexity index is 544. The normalized spacial score (nSPS) is 12.7. The highest BCUT2D eigenvalue weighted by molar-refractivity contribution is 5.46. The van der Waals surface area contributed by atoms with E-state index in [1.165, 1.54) is 0 Å². The third-order valence-electron chi connectivity index (χ3n) is 2.93. The highest BCUT2D eigenvalue weighted by atomic mass is 16.5. The molecule has 0 aliphatic rings. The second-order valence-corrected chi connectivity index (χ2v) is 3.93. The fourth-order valence-corrected chi connectivity index (χ4v) is 1.92. The van der Waals surface area contributed by atoms with E-state index in [1.54, 1.807) is 35.9 Å². The summed E-state index contributed by atoms with van der Waals surface area (Å²) in [4.78, 5) is 0. The number of hydrogen-bond donors (Lipinski definition) is 3. The molecule has 98 valence electrons. The second kappa shape index (κ2) is 4.67. The van der Waals surface area contributed by atoms with Crippen LogP contribution in [0.25, 0.3) is 0 Å². The molecular formula is C10H17N7O. The lowest BCUT2D eigenvalue weighted by atomic mass is 10.1. The summed E-state index contributed by atoms with van der Waals surface area (Å²) in [5.41, 5.74) is 10.2. The van der Waals surface area contributed by atoms with Gasteiger partial charge >= 0.3 is 0 Å². The zero-order valence-corrected chi connectivity index (χ0v) is 10.6. The van der Waals surface area contributed by atoms with Crippen molar-refractivity contribution in [1.82, 2.24) is 25.0 Å². The number of ether oxygens (including phenoxy) is 1. The molecule has 0 bridgehead atoms. The van der Waals surface area contributed by atoms with Crippen LogP contribution >= 0.6 is 0 Å². The first-order valence-electron chi connectivity index (χ1n) is 5.39. The van der Waals surface area contributed by atoms with Gasteiger partial charge in [0, 0.05) is 19.7 Å². The van der Waals surface area contributed by atoms with Gasteiger partial charge in [-0.1, -0.05) is 0 Å². The minimum atomic E-state index is -0.332. The van der Waals surface area contributed by atoms with Crippen molar-refractivity contribution in [1.29, 1.82) is 0 Å². The molecule has 5 N–H and O–H groups in total. The quantitative estimate of drug-likeness (QED) is 0.489. The van der Waals surface area contributed by atoms with Crippen LogP contribution in [0.4, 0.5) is 5.82 Å². The Morgan fingerprint density at radius 3 is 2.44 bits per heavy atom. The molecule has 0 saturated heterocycles. The van der Waals surface area contributed by atoms with E-state index in [0.29, 0.717) is 11.6 Å². The Labute approximate surface area is 104 Å². The first-order chi connectivity index (χ1) is 8.60. The van der Waals surface area contributed by atoms with E-state index in [-0.39, 0.29) is 6.04 Å². The van der Waals surface area contributed by atoms with E-state index in [0.717, 1.165) is 11.3 Å². The van der Waals surface area contributed by atoms with Crippen molar-refractivity contribution in [2.24, 2.45) is 19.9 Å². The molecule has 8 nitrogen and oxygen atoms in total. The van der Waals surface area contributed by atoms with Gasteiger partial charge in [0.1, 0.15) is 11.5 Å². The van der Waals surface area contributed by atoms with E-state index >= 15 is 0 Å². The van der Waals surface area contributed by atoms with Crippen molar-refractivity contribution in [3.05, 3.63) is 23.7 Å². The number of hydrazine groups is 1. The monoisotopic (exact) mass is 251 g/mol. The molecule has 8 heteroatoms. The average Bonchev–Trinajstić information content (AvgIpc) is 2.89. The van der Waals surface area contributed by atoms with Crippen LogP contribution in [0.15, 0.2) is 12.4 Å². The van der Waals surface area contributed by atoms with Gasteiger partial charge < -0.3 is 10.5 Å². The summed E-state index contributed by atoms with van der Waals surface area (Å²) in [7, 11) is 5.17. The molecular weight excluding hydrogens is 234 g/mol. The van der Waals surface area contributed by atoms with E-state index < -0.39 is 0 Å². The third-order valence-corrected chi connectivity index (χ3v) is 2.93. The van der Waals surface area contributed by atoms with Crippen LogP contribution in [0.2, 0.25) is 0 Å². The van der Waals surface area contributed by atoms with Gasteiger partial charge in [0.15, 0.2) is 5.75 Å². The van der Waals surface area contributed by atoms with Crippen LogP contribution in [0.1, 0.15) is 17.3 Å². The van der Waals surface area contributed by atoms with Gasteiger partial charge in [0.2, 0.25) is 0 Å². The predicted molar refractivity (Wildman–Crippen MR) is 66.5 cm³/mol. The van der Waals surface area contributed by atoms with Crippen molar-refractivity contribution in [2.45, 2.75) is 6.04 Å². The minimum absolute atomic E-state index is 0.332. The molecule has 18 heavy (non-hydrogen) atoms. The van der Waals surface area contributed by atoms with Crippen LogP contribution in [-0.4, -0.2) is 26.7 Å². The molecule has 0 aliphatic carbocycles. The molecule has 1 atom stereocenters. The molecule has 0 aliphatic heterocycles. The van der Waals surface area contributed by atoms with E-state index in [1.807, 2.05) is 7.05 Å². The molecule has 0 saturated carbocycles. The smallest absolute Gasteiger partial charge is 0.161 e. The van der Waals surface area contributed by atoms with E-state index in [2.05, 4.69) is 15.6 Å². The standard InChI is InChI=1S/C10H17N7O/c1-16-9(7(18-3)5-14-16)8(15-12)6-4-13-17(2)10(6)11/h4-5,8,15H,11-12H2,1-3H3. The van der Waals surface area contributed by atoms with Crippen LogP contribution in [-0.2, 0) is 14.1 Å². The van der Waals surface area contributed by atoms with Gasteiger partial charge in [-0.05, 0) is 0 Å². The Balaban J connectivity index is 2.51. The van der Waals surface area contributed by atoms with Crippen molar-refractivity contribution >= 4 is 5.82 Å². The zero-order valence-electron chi connectivity index (χ0n) is 10.6. The Morgan fingerprint density at radius 2 is 1.94 bits per heavy atom. The number of nitrogen functional groups attached to an aromatic ring is 1. The van der Waals surface area contributed by atoms with Gasteiger partial charge in [-0.15, -0.1) is 0 Å². The van der Waals surface area contributed by atoms with Crippen molar-refractivity contribution in [3.63, 3.8) is 0 Å². The molecule has 2 rings (SSSR count). The topological polar surface area (TPSA) is 109 Å². The number of nitrogens with zero attached hydrogens (tertiary/aromatic N) is 4. The Morgan fingerprint density at radius 1 is 1.28 bits per heavy atom. The number of aryl methyl sites for hydroxylation is 2. The molecule has 0 radical (unpaired) electrons. The average molecular weight is 251 g/mol. The maximum Gasteiger partial charge on any atom is 0.161 e. The molecule has 1 unspecified atom stereocenters. The highest BCUT2D eigenvalue weighted by Crippen LogP contribution is 2.31. The molecule has 0 fully saturated rings. The lowest BCUT2D eigenvalue weighted by Crippen LogP contribution is -2.31. The van der Waals surface area contributed by atoms with Gasteiger partial charge in [0.25, 0.3) is 0 Å². The summed E-state index contributed by atoms with van der Waals surface area (Å²) in [5.74, 6) is 6.81. The fraction of sp³-hybridized carbons (Fsp3) is 0.400. The molecule has 0 spiro atoms. The molecule has 0 amide bonds. The van der Waals surface area contributed by atoms with Gasteiger partial charge in [-0.3, -0.25) is 15.2 Å². The fourth-order valence-electron chi connectivity index (χ4n) is 1.92. The summed E-state index contributed by atoms with van der Waals surface area (Å²) in [6, 6.07) is -0.332. The number of nitrogens with two attached hydrogens (primary N) is 2. The summed E-state index contributed by atoms with van der Waals surface area (Å²) < 4.78 is 8.55. The zero-order chi connectivity index (χ0) is 13.3. The number of anilines is 1. The third kappa shape index (κ3) is 1.81. The largest absolute Gasteiger partial charge is 0.493 e. The maximum atomic E-state index is 5.96. The number of rotatable bonds is 4. The van der Waals surface area contributed by atoms with Crippen molar-refractivity contribution in [3.8, 4) is 5.75 Å². The first kappa shape index (κ1) is 12.4. The van der Waals surface area contributed by atoms with Crippen molar-refractivity contribution in [2.75, 3.05) is 12.8 Å². The molecule has 2 aromatic rings. The molecule has 2 heterocycles. The summed E-state index contributed by atoms with van der Waals surface area (Å²) in [5, 5.41) is 8.25. The van der Waals surface area contributed by atoms with E-state index in [9.17, 15) is 0 Å². The van der Waals surface area contributed by atoms with Crippen molar-refractivity contribution < 1.29 is 4.74 Å². The van der Waals surface area contributed by atoms with Crippen LogP contribution in [0, 0.1) is 0 Å². The van der Waals surface area contributed by atoms with Crippen LogP contribution in [0.3, 0.4) is 0 Å². The Hall–Kier alpha value is -2.06. The van der Waals surface area contributed by atoms with E-state index in [4.69, 9.17) is 16.3 Å². The number of aromatic nitrogens is 4. The van der Waals surface area contributed by atoms with Crippen LogP contribution < -0.4 is 21.7 Å². The lowest BCUT2D eigenvalue weighted by Gasteiger charge is -2.17. The van der Waals surface area contributed by atoms with Gasteiger partial charge in [-0.25, -0.2) is 5.43 Å². The van der Waals surface area contributed by atoms with Gasteiger partial charge in [0.05, 0.1) is 25.5 Å². The highest BCUT2D eigenvalue weighted by Gasteiger charge is 2.25. The number of hydrogen-bond acceptors (Lipinski definition) is 6. The first-order valence-corrected chi connectivity index (χ1v) is 5.39. The lowest BCUT2D eigenvalue weighted by molar-refractivity contribution is 0.401.